The number of nitrogens with one attached hydrogen (secondary N) is 1. The molecule has 1 aromatic carbocycles. The summed E-state index contributed by atoms with van der Waals surface area (Å²) in [6.45, 7) is 8.41. The van der Waals surface area contributed by atoms with Crippen LogP contribution in [0.2, 0.25) is 0 Å². The molecule has 4 heteroatoms. The summed E-state index contributed by atoms with van der Waals surface area (Å²) in [6.07, 6.45) is 5.02. The van der Waals surface area contributed by atoms with Crippen LogP contribution in [0.25, 0.3) is 0 Å². The van der Waals surface area contributed by atoms with Crippen molar-refractivity contribution < 1.29 is 9.59 Å². The smallest absolute Gasteiger partial charge is 0.239 e. The van der Waals surface area contributed by atoms with Gasteiger partial charge in [0.05, 0.1) is 0 Å². The Morgan fingerprint density at radius 1 is 1.21 bits per heavy atom. The largest absolute Gasteiger partial charge is 0.339 e. The number of aryl methyl sites for hydroxylation is 1. The third kappa shape index (κ3) is 3.80. The topological polar surface area (TPSA) is 49.4 Å². The molecule has 2 amide bonds. The summed E-state index contributed by atoms with van der Waals surface area (Å²) in [6, 6.07) is 8.03. The van der Waals surface area contributed by atoms with Gasteiger partial charge in [-0.05, 0) is 57.6 Å². The van der Waals surface area contributed by atoms with Gasteiger partial charge in [0.2, 0.25) is 11.8 Å². The summed E-state index contributed by atoms with van der Waals surface area (Å²) < 4.78 is 0. The van der Waals surface area contributed by atoms with Gasteiger partial charge in [-0.25, -0.2) is 0 Å². The Labute approximate surface area is 145 Å². The van der Waals surface area contributed by atoms with Crippen LogP contribution in [-0.4, -0.2) is 29.3 Å². The molecule has 1 heterocycles. The van der Waals surface area contributed by atoms with Gasteiger partial charge >= 0.3 is 0 Å². The highest BCUT2D eigenvalue weighted by Crippen LogP contribution is 2.28. The monoisotopic (exact) mass is 330 g/mol. The molecule has 132 valence electrons. The van der Waals surface area contributed by atoms with Gasteiger partial charge in [-0.3, -0.25) is 9.59 Å². The normalized spacial score (nSPS) is 18.3. The summed E-state index contributed by atoms with van der Waals surface area (Å²) in [4.78, 5) is 27.8. The van der Waals surface area contributed by atoms with Crippen LogP contribution in [0.5, 0.6) is 0 Å². The first kappa shape index (κ1) is 18.5. The fourth-order valence-corrected chi connectivity index (χ4v) is 3.38. The van der Waals surface area contributed by atoms with Gasteiger partial charge in [-0.1, -0.05) is 32.0 Å². The maximum atomic E-state index is 13.0. The molecule has 0 radical (unpaired) electrons. The lowest BCUT2D eigenvalue weighted by Gasteiger charge is -2.39. The Bertz CT molecular complexity index is 595. The molecule has 1 aliphatic rings. The molecule has 24 heavy (non-hydrogen) atoms. The van der Waals surface area contributed by atoms with E-state index < -0.39 is 5.41 Å². The fraction of sp³-hybridized carbons (Fsp3) is 0.600. The zero-order chi connectivity index (χ0) is 17.7. The molecular weight excluding hydrogens is 300 g/mol. The van der Waals surface area contributed by atoms with E-state index in [0.717, 1.165) is 43.5 Å². The number of hydrogen-bond acceptors (Lipinski definition) is 2. The highest BCUT2D eigenvalue weighted by atomic mass is 16.2. The molecule has 0 aromatic heterocycles. The second-order valence-corrected chi connectivity index (χ2v) is 7.15. The molecule has 0 spiro atoms. The molecule has 4 nitrogen and oxygen atoms in total. The summed E-state index contributed by atoms with van der Waals surface area (Å²) >= 11 is 0. The number of piperidine rings is 1. The second kappa shape index (κ2) is 7.82. The van der Waals surface area contributed by atoms with Gasteiger partial charge in [-0.2, -0.15) is 0 Å². The summed E-state index contributed by atoms with van der Waals surface area (Å²) in [7, 11) is 0. The molecule has 1 atom stereocenters. The lowest BCUT2D eigenvalue weighted by Crippen LogP contribution is -2.52. The molecule has 0 bridgehead atoms. The Balaban J connectivity index is 2.15. The van der Waals surface area contributed by atoms with E-state index in [2.05, 4.69) is 19.2 Å². The van der Waals surface area contributed by atoms with Gasteiger partial charge in [0.15, 0.2) is 0 Å². The van der Waals surface area contributed by atoms with Gasteiger partial charge in [0.1, 0.15) is 5.41 Å². The number of anilines is 1. The van der Waals surface area contributed by atoms with Crippen LogP contribution in [0.1, 0.15) is 58.9 Å². The number of para-hydroxylation sites is 1. The number of hydrogen-bond donors (Lipinski definition) is 1. The molecular formula is C20H30N2O2. The van der Waals surface area contributed by atoms with Crippen molar-refractivity contribution in [1.29, 1.82) is 0 Å². The number of likely N-dealkylation sites (tertiary alicyclic amines) is 1. The molecule has 2 rings (SSSR count). The van der Waals surface area contributed by atoms with Crippen LogP contribution in [0, 0.1) is 5.41 Å². The maximum absolute atomic E-state index is 13.0. The Morgan fingerprint density at radius 3 is 2.58 bits per heavy atom. The van der Waals surface area contributed by atoms with E-state index in [9.17, 15) is 9.59 Å². The molecule has 0 saturated carbocycles. The van der Waals surface area contributed by atoms with Crippen molar-refractivity contribution in [2.45, 2.75) is 65.8 Å². The minimum Gasteiger partial charge on any atom is -0.339 e. The number of benzene rings is 1. The summed E-state index contributed by atoms with van der Waals surface area (Å²) in [5.41, 5.74) is 0.820. The van der Waals surface area contributed by atoms with E-state index in [1.165, 1.54) is 6.42 Å². The average molecular weight is 330 g/mol. The average Bonchev–Trinajstić information content (AvgIpc) is 2.61. The van der Waals surface area contributed by atoms with Crippen molar-refractivity contribution in [3.63, 3.8) is 0 Å². The number of carbonyl (C=O) groups excluding carboxylic acids is 2. The molecule has 1 saturated heterocycles. The highest BCUT2D eigenvalue weighted by Gasteiger charge is 2.41. The van der Waals surface area contributed by atoms with E-state index in [1.807, 2.05) is 29.2 Å². The third-order valence-electron chi connectivity index (χ3n) is 5.11. The molecule has 0 aliphatic carbocycles. The van der Waals surface area contributed by atoms with E-state index in [4.69, 9.17) is 0 Å². The van der Waals surface area contributed by atoms with Crippen LogP contribution >= 0.6 is 0 Å². The zero-order valence-electron chi connectivity index (χ0n) is 15.4. The number of carbonyl (C=O) groups is 2. The van der Waals surface area contributed by atoms with E-state index in [0.29, 0.717) is 0 Å². The quantitative estimate of drug-likeness (QED) is 0.830. The minimum absolute atomic E-state index is 0.0551. The number of nitrogens with zero attached hydrogens (tertiary/aromatic N) is 1. The zero-order valence-corrected chi connectivity index (χ0v) is 15.4. The lowest BCUT2D eigenvalue weighted by molar-refractivity contribution is -0.149. The van der Waals surface area contributed by atoms with E-state index >= 15 is 0 Å². The van der Waals surface area contributed by atoms with Gasteiger partial charge in [-0.15, -0.1) is 0 Å². The van der Waals surface area contributed by atoms with Crippen LogP contribution in [-0.2, 0) is 16.0 Å². The minimum atomic E-state index is -1.06. The van der Waals surface area contributed by atoms with Crippen molar-refractivity contribution in [2.75, 3.05) is 11.9 Å². The first-order valence-electron chi connectivity index (χ1n) is 9.12. The second-order valence-electron chi connectivity index (χ2n) is 7.15. The van der Waals surface area contributed by atoms with E-state index in [-0.39, 0.29) is 17.9 Å². The molecule has 1 aliphatic heterocycles. The molecule has 1 fully saturated rings. The third-order valence-corrected chi connectivity index (χ3v) is 5.11. The lowest BCUT2D eigenvalue weighted by atomic mass is 9.87. The van der Waals surface area contributed by atoms with Gasteiger partial charge in [0.25, 0.3) is 0 Å². The van der Waals surface area contributed by atoms with Crippen LogP contribution in [0.4, 0.5) is 5.69 Å². The highest BCUT2D eigenvalue weighted by molar-refractivity contribution is 6.10. The molecule has 1 N–H and O–H groups in total. The Hall–Kier alpha value is -1.84. The first-order chi connectivity index (χ1) is 11.4. The van der Waals surface area contributed by atoms with Crippen molar-refractivity contribution in [2.24, 2.45) is 5.41 Å². The Morgan fingerprint density at radius 2 is 1.92 bits per heavy atom. The maximum Gasteiger partial charge on any atom is 0.239 e. The Kier molecular flexibility index (Phi) is 6.03. The SMILES string of the molecule is CCc1ccccc1NC(=O)C(C)(C)C(=O)N1CCCCC1CC. The van der Waals surface area contributed by atoms with Crippen LogP contribution in [0.15, 0.2) is 24.3 Å². The predicted octanol–water partition coefficient (Wildman–Crippen LogP) is 4.00. The predicted molar refractivity (Wildman–Crippen MR) is 97.9 cm³/mol. The number of amides is 2. The van der Waals surface area contributed by atoms with E-state index in [1.54, 1.807) is 13.8 Å². The van der Waals surface area contributed by atoms with Crippen molar-refractivity contribution in [1.82, 2.24) is 4.90 Å². The molecule has 1 unspecified atom stereocenters. The summed E-state index contributed by atoms with van der Waals surface area (Å²) in [5, 5.41) is 2.97. The standard InChI is InChI=1S/C20H30N2O2/c1-5-15-11-7-8-13-17(15)21-18(23)20(3,4)19(24)22-14-10-9-12-16(22)6-2/h7-8,11,13,16H,5-6,9-10,12,14H2,1-4H3,(H,21,23). The van der Waals surface area contributed by atoms with Crippen molar-refractivity contribution in [3.05, 3.63) is 29.8 Å². The number of rotatable bonds is 5. The summed E-state index contributed by atoms with van der Waals surface area (Å²) in [5.74, 6) is -0.283. The van der Waals surface area contributed by atoms with Gasteiger partial charge < -0.3 is 10.2 Å². The van der Waals surface area contributed by atoms with Crippen LogP contribution in [0.3, 0.4) is 0 Å². The van der Waals surface area contributed by atoms with Crippen LogP contribution < -0.4 is 5.32 Å². The van der Waals surface area contributed by atoms with Gasteiger partial charge in [0, 0.05) is 18.3 Å². The van der Waals surface area contributed by atoms with Crippen molar-refractivity contribution in [3.8, 4) is 0 Å². The van der Waals surface area contributed by atoms with Crippen molar-refractivity contribution >= 4 is 17.5 Å². The fourth-order valence-electron chi connectivity index (χ4n) is 3.38. The molecule has 1 aromatic rings. The first-order valence-corrected chi connectivity index (χ1v) is 9.12.